The number of piperidine rings is 1. The predicted octanol–water partition coefficient (Wildman–Crippen LogP) is 2.13. The maximum absolute atomic E-state index is 5.99. The van der Waals surface area contributed by atoms with E-state index in [1.807, 2.05) is 0 Å². The maximum atomic E-state index is 5.99. The van der Waals surface area contributed by atoms with Crippen molar-refractivity contribution in [3.8, 4) is 0 Å². The van der Waals surface area contributed by atoms with Crippen LogP contribution >= 0.6 is 0 Å². The topological polar surface area (TPSA) is 29.3 Å². The number of rotatable bonds is 1. The third-order valence-electron chi connectivity index (χ3n) is 4.01. The van der Waals surface area contributed by atoms with Gasteiger partial charge in [0.05, 0.1) is 0 Å². The molecule has 2 rings (SSSR count). The van der Waals surface area contributed by atoms with Crippen molar-refractivity contribution >= 4 is 0 Å². The Morgan fingerprint density at radius 1 is 1.07 bits per heavy atom. The van der Waals surface area contributed by atoms with Crippen LogP contribution in [0.15, 0.2) is 0 Å². The summed E-state index contributed by atoms with van der Waals surface area (Å²) in [5.74, 6) is 0. The van der Waals surface area contributed by atoms with Crippen LogP contribution in [0.4, 0.5) is 0 Å². The van der Waals surface area contributed by atoms with E-state index in [2.05, 4.69) is 11.8 Å². The highest BCUT2D eigenvalue weighted by molar-refractivity contribution is 4.86. The van der Waals surface area contributed by atoms with E-state index < -0.39 is 0 Å². The molecule has 2 atom stereocenters. The minimum Gasteiger partial charge on any atom is -0.328 e. The lowest BCUT2D eigenvalue weighted by molar-refractivity contribution is 0.0743. The lowest BCUT2D eigenvalue weighted by Gasteiger charge is -2.43. The molecule has 0 amide bonds. The normalized spacial score (nSPS) is 37.3. The van der Waals surface area contributed by atoms with Gasteiger partial charge in [-0.15, -0.1) is 0 Å². The Bertz CT molecular complexity index is 175. The van der Waals surface area contributed by atoms with Gasteiger partial charge in [0.25, 0.3) is 0 Å². The van der Waals surface area contributed by atoms with Crippen LogP contribution in [0.25, 0.3) is 0 Å². The van der Waals surface area contributed by atoms with Gasteiger partial charge in [-0.05, 0) is 32.6 Å². The first-order valence-electron chi connectivity index (χ1n) is 6.28. The Balaban J connectivity index is 1.89. The quantitative estimate of drug-likeness (QED) is 0.696. The van der Waals surface area contributed by atoms with Gasteiger partial charge < -0.3 is 5.73 Å². The van der Waals surface area contributed by atoms with E-state index in [1.165, 1.54) is 51.5 Å². The molecular weight excluding hydrogens is 172 g/mol. The smallest absolute Gasteiger partial charge is 0.00980 e. The van der Waals surface area contributed by atoms with Crippen molar-refractivity contribution in [2.75, 3.05) is 6.54 Å². The van der Waals surface area contributed by atoms with Gasteiger partial charge in [0.1, 0.15) is 0 Å². The molecule has 2 nitrogen and oxygen atoms in total. The molecule has 0 radical (unpaired) electrons. The van der Waals surface area contributed by atoms with E-state index in [9.17, 15) is 0 Å². The molecule has 2 unspecified atom stereocenters. The SMILES string of the molecule is CC1CC(N)CCN1C1CCCCC1. The Morgan fingerprint density at radius 3 is 2.43 bits per heavy atom. The third kappa shape index (κ3) is 2.29. The van der Waals surface area contributed by atoms with E-state index in [-0.39, 0.29) is 0 Å². The van der Waals surface area contributed by atoms with E-state index >= 15 is 0 Å². The molecule has 0 bridgehead atoms. The first-order valence-corrected chi connectivity index (χ1v) is 6.28. The fourth-order valence-corrected chi connectivity index (χ4v) is 3.18. The van der Waals surface area contributed by atoms with E-state index in [0.717, 1.165) is 12.1 Å². The summed E-state index contributed by atoms with van der Waals surface area (Å²) in [5, 5.41) is 0. The molecule has 2 N–H and O–H groups in total. The van der Waals surface area contributed by atoms with Crippen molar-refractivity contribution in [3.05, 3.63) is 0 Å². The van der Waals surface area contributed by atoms with Gasteiger partial charge in [0.15, 0.2) is 0 Å². The van der Waals surface area contributed by atoms with Crippen molar-refractivity contribution in [2.45, 2.75) is 70.0 Å². The highest BCUT2D eigenvalue weighted by Crippen LogP contribution is 2.27. The van der Waals surface area contributed by atoms with Crippen molar-refractivity contribution in [2.24, 2.45) is 5.73 Å². The average molecular weight is 196 g/mol. The summed E-state index contributed by atoms with van der Waals surface area (Å²) >= 11 is 0. The lowest BCUT2D eigenvalue weighted by atomic mass is 9.89. The van der Waals surface area contributed by atoms with Crippen LogP contribution < -0.4 is 5.73 Å². The molecule has 14 heavy (non-hydrogen) atoms. The zero-order chi connectivity index (χ0) is 9.97. The molecule has 1 heterocycles. The molecule has 0 aromatic carbocycles. The molecule has 1 aliphatic carbocycles. The van der Waals surface area contributed by atoms with Crippen molar-refractivity contribution in [1.82, 2.24) is 4.90 Å². The van der Waals surface area contributed by atoms with Gasteiger partial charge in [-0.25, -0.2) is 0 Å². The van der Waals surface area contributed by atoms with Gasteiger partial charge >= 0.3 is 0 Å². The fraction of sp³-hybridized carbons (Fsp3) is 1.00. The minimum absolute atomic E-state index is 0.463. The molecule has 0 aromatic rings. The summed E-state index contributed by atoms with van der Waals surface area (Å²) in [4.78, 5) is 2.72. The summed E-state index contributed by atoms with van der Waals surface area (Å²) in [7, 11) is 0. The van der Waals surface area contributed by atoms with Crippen LogP contribution in [0.5, 0.6) is 0 Å². The van der Waals surface area contributed by atoms with Crippen LogP contribution in [0.3, 0.4) is 0 Å². The van der Waals surface area contributed by atoms with E-state index in [1.54, 1.807) is 0 Å². The van der Waals surface area contributed by atoms with Crippen molar-refractivity contribution in [1.29, 1.82) is 0 Å². The summed E-state index contributed by atoms with van der Waals surface area (Å²) in [5.41, 5.74) is 5.99. The standard InChI is InChI=1S/C12H24N2/c1-10-9-11(13)7-8-14(10)12-5-3-2-4-6-12/h10-12H,2-9,13H2,1H3. The Hall–Kier alpha value is -0.0800. The third-order valence-corrected chi connectivity index (χ3v) is 4.01. The largest absolute Gasteiger partial charge is 0.328 e. The summed E-state index contributed by atoms with van der Waals surface area (Å²) < 4.78 is 0. The zero-order valence-corrected chi connectivity index (χ0v) is 9.41. The summed E-state index contributed by atoms with van der Waals surface area (Å²) in [6.07, 6.45) is 9.62. The fourth-order valence-electron chi connectivity index (χ4n) is 3.18. The second kappa shape index (κ2) is 4.63. The van der Waals surface area contributed by atoms with Crippen molar-refractivity contribution < 1.29 is 0 Å². The van der Waals surface area contributed by atoms with Crippen LogP contribution in [-0.2, 0) is 0 Å². The molecule has 2 aliphatic rings. The number of nitrogens with zero attached hydrogens (tertiary/aromatic N) is 1. The maximum Gasteiger partial charge on any atom is 0.00980 e. The highest BCUT2D eigenvalue weighted by Gasteiger charge is 2.29. The molecule has 2 heteroatoms. The monoisotopic (exact) mass is 196 g/mol. The van der Waals surface area contributed by atoms with Gasteiger partial charge in [-0.1, -0.05) is 19.3 Å². The van der Waals surface area contributed by atoms with Crippen LogP contribution in [0, 0.1) is 0 Å². The van der Waals surface area contributed by atoms with Crippen molar-refractivity contribution in [3.63, 3.8) is 0 Å². The number of likely N-dealkylation sites (tertiary alicyclic amines) is 1. The minimum atomic E-state index is 0.463. The average Bonchev–Trinajstić information content (AvgIpc) is 2.19. The molecule has 0 aromatic heterocycles. The van der Waals surface area contributed by atoms with Crippen LogP contribution in [0.2, 0.25) is 0 Å². The Labute approximate surface area is 87.8 Å². The highest BCUT2D eigenvalue weighted by atomic mass is 15.2. The molecule has 82 valence electrons. The predicted molar refractivity (Wildman–Crippen MR) is 60.3 cm³/mol. The summed E-state index contributed by atoms with van der Waals surface area (Å²) in [6, 6.07) is 2.07. The Morgan fingerprint density at radius 2 is 1.79 bits per heavy atom. The van der Waals surface area contributed by atoms with Crippen LogP contribution in [-0.4, -0.2) is 29.6 Å². The Kier molecular flexibility index (Phi) is 3.45. The second-order valence-corrected chi connectivity index (χ2v) is 5.16. The first kappa shape index (κ1) is 10.4. The number of hydrogen-bond acceptors (Lipinski definition) is 2. The number of hydrogen-bond donors (Lipinski definition) is 1. The lowest BCUT2D eigenvalue weighted by Crippen LogP contribution is -2.50. The molecule has 1 aliphatic heterocycles. The molecular formula is C12H24N2. The molecule has 1 saturated heterocycles. The molecule has 1 saturated carbocycles. The molecule has 2 fully saturated rings. The zero-order valence-electron chi connectivity index (χ0n) is 9.41. The van der Waals surface area contributed by atoms with Gasteiger partial charge in [0, 0.05) is 24.7 Å². The number of nitrogens with two attached hydrogens (primary N) is 1. The van der Waals surface area contributed by atoms with Gasteiger partial charge in [-0.3, -0.25) is 4.90 Å². The van der Waals surface area contributed by atoms with Crippen LogP contribution in [0.1, 0.15) is 51.9 Å². The second-order valence-electron chi connectivity index (χ2n) is 5.16. The van der Waals surface area contributed by atoms with Gasteiger partial charge in [-0.2, -0.15) is 0 Å². The van der Waals surface area contributed by atoms with E-state index in [0.29, 0.717) is 6.04 Å². The molecule has 0 spiro atoms. The van der Waals surface area contributed by atoms with Gasteiger partial charge in [0.2, 0.25) is 0 Å². The summed E-state index contributed by atoms with van der Waals surface area (Å²) in [6.45, 7) is 3.60. The first-order chi connectivity index (χ1) is 6.77. The van der Waals surface area contributed by atoms with E-state index in [4.69, 9.17) is 5.73 Å².